The lowest BCUT2D eigenvalue weighted by Crippen LogP contribution is -2.42. The molecule has 1 aliphatic carbocycles. The van der Waals surface area contributed by atoms with Crippen LogP contribution in [0, 0.1) is 5.41 Å². The Hall–Kier alpha value is -5.32. The average molecular weight is 740 g/mol. The first-order valence-electron chi connectivity index (χ1n) is 18.8. The minimum Gasteiger partial charge on any atom is -0.491 e. The summed E-state index contributed by atoms with van der Waals surface area (Å²) in [6, 6.07) is 11.3. The van der Waals surface area contributed by atoms with Crippen LogP contribution < -0.4 is 21.5 Å². The first-order chi connectivity index (χ1) is 25.9. The van der Waals surface area contributed by atoms with Crippen LogP contribution in [-0.4, -0.2) is 74.1 Å². The molecule has 10 nitrogen and oxygen atoms in total. The molecule has 6 N–H and O–H groups in total. The number of allylic oxidation sites excluding steroid dienone is 5. The molecule has 0 aromatic heterocycles. The number of carbonyl (C=O) groups is 2. The number of amides is 2. The van der Waals surface area contributed by atoms with Gasteiger partial charge in [0.05, 0.1) is 12.2 Å². The van der Waals surface area contributed by atoms with Crippen LogP contribution in [0.1, 0.15) is 99.2 Å². The summed E-state index contributed by atoms with van der Waals surface area (Å²) in [4.78, 5) is 37.4. The molecule has 54 heavy (non-hydrogen) atoms. The number of nitrogens with one attached hydrogen (secondary N) is 2. The highest BCUT2D eigenvalue weighted by Gasteiger charge is 2.22. The van der Waals surface area contributed by atoms with E-state index in [0.29, 0.717) is 67.6 Å². The highest BCUT2D eigenvalue weighted by molar-refractivity contribution is 6.04. The number of halogens is 1. The van der Waals surface area contributed by atoms with Crippen LogP contribution in [0.2, 0.25) is 0 Å². The minimum atomic E-state index is -0.552. The predicted octanol–water partition coefficient (Wildman–Crippen LogP) is 7.90. The number of nitrogens with two attached hydrogens (primary N) is 2. The molecule has 0 heterocycles. The lowest BCUT2D eigenvalue weighted by Gasteiger charge is -2.23. The molecule has 0 spiro atoms. The maximum absolute atomic E-state index is 13.9. The van der Waals surface area contributed by atoms with E-state index < -0.39 is 6.67 Å². The summed E-state index contributed by atoms with van der Waals surface area (Å²) < 4.78 is 18.1. The van der Waals surface area contributed by atoms with Gasteiger partial charge in [-0.3, -0.25) is 19.6 Å². The van der Waals surface area contributed by atoms with Crippen molar-refractivity contribution in [2.45, 2.75) is 84.6 Å². The van der Waals surface area contributed by atoms with Crippen molar-refractivity contribution in [1.82, 2.24) is 10.2 Å². The first kappa shape index (κ1) is 43.1. The molecule has 1 aliphatic rings. The number of nitrogens with zero attached hydrogens (tertiary/aromatic N) is 3. The normalized spacial score (nSPS) is 16.2. The number of alkyl halides is 1. The smallest absolute Gasteiger partial charge is 0.254 e. The molecule has 2 aromatic rings. The lowest BCUT2D eigenvalue weighted by atomic mass is 9.84. The summed E-state index contributed by atoms with van der Waals surface area (Å²) in [5, 5.41) is 11.3. The molecule has 0 saturated carbocycles. The van der Waals surface area contributed by atoms with Gasteiger partial charge in [-0.1, -0.05) is 57.7 Å². The fraction of sp³-hybridized carbons (Fsp3) is 0.419. The van der Waals surface area contributed by atoms with Gasteiger partial charge in [0.2, 0.25) is 5.91 Å². The molecule has 290 valence electrons. The van der Waals surface area contributed by atoms with E-state index in [9.17, 15) is 14.0 Å². The largest absolute Gasteiger partial charge is 0.491 e. The van der Waals surface area contributed by atoms with Crippen LogP contribution in [0.25, 0.3) is 11.6 Å². The van der Waals surface area contributed by atoms with Gasteiger partial charge in [-0.25, -0.2) is 4.39 Å². The second-order valence-electron chi connectivity index (χ2n) is 13.5. The highest BCUT2D eigenvalue weighted by atomic mass is 19.1. The Kier molecular flexibility index (Phi) is 17.6. The Bertz CT molecular complexity index is 1770. The van der Waals surface area contributed by atoms with Gasteiger partial charge in [0.1, 0.15) is 19.0 Å². The number of ether oxygens (including phenoxy) is 1. The zero-order valence-corrected chi connectivity index (χ0v) is 32.5. The Balaban J connectivity index is 1.92. The third-order valence-corrected chi connectivity index (χ3v) is 9.22. The quantitative estimate of drug-likeness (QED) is 0.0654. The zero-order valence-electron chi connectivity index (χ0n) is 32.5. The molecule has 0 saturated heterocycles. The zero-order chi connectivity index (χ0) is 39.6. The third kappa shape index (κ3) is 12.7. The van der Waals surface area contributed by atoms with Crippen LogP contribution >= 0.6 is 0 Å². The molecule has 0 aliphatic heterocycles. The third-order valence-electron chi connectivity index (χ3n) is 9.22. The van der Waals surface area contributed by atoms with Gasteiger partial charge in [-0.05, 0) is 122 Å². The lowest BCUT2D eigenvalue weighted by molar-refractivity contribution is -0.122. The Labute approximate surface area is 320 Å². The van der Waals surface area contributed by atoms with Crippen molar-refractivity contribution in [3.63, 3.8) is 0 Å². The summed E-state index contributed by atoms with van der Waals surface area (Å²) in [7, 11) is 1.61. The Morgan fingerprint density at radius 1 is 1.13 bits per heavy atom. The Morgan fingerprint density at radius 3 is 2.50 bits per heavy atom. The number of hydrogen-bond acceptors (Lipinski definition) is 6. The van der Waals surface area contributed by atoms with Gasteiger partial charge in [0.25, 0.3) is 5.91 Å². The van der Waals surface area contributed by atoms with E-state index in [-0.39, 0.29) is 37.0 Å². The molecular formula is C43H58FN7O3. The molecule has 2 amide bonds. The SMILES string of the molecule is C=Cc1cc(CCC)c(N=C2CCC(/C(=C/CC)c3ccc(OCCF)cc3)=C(/C=N)CCC2=C)cc1C(=O)N(C)CC(=O)NC(C)CCCN=C(N)N. The molecule has 1 unspecified atom stereocenters. The molecule has 3 rings (SSSR count). The Morgan fingerprint density at radius 2 is 1.87 bits per heavy atom. The number of rotatable bonds is 19. The van der Waals surface area contributed by atoms with Gasteiger partial charge in [-0.2, -0.15) is 0 Å². The number of aryl methyl sites for hydroxylation is 1. The van der Waals surface area contributed by atoms with E-state index in [1.54, 1.807) is 13.1 Å². The van der Waals surface area contributed by atoms with Gasteiger partial charge in [-0.15, -0.1) is 0 Å². The maximum Gasteiger partial charge on any atom is 0.254 e. The molecule has 1 atom stereocenters. The van der Waals surface area contributed by atoms with Gasteiger partial charge < -0.3 is 31.8 Å². The van der Waals surface area contributed by atoms with Gasteiger partial charge in [0.15, 0.2) is 5.96 Å². The van der Waals surface area contributed by atoms with E-state index in [4.69, 9.17) is 26.6 Å². The van der Waals surface area contributed by atoms with Crippen molar-refractivity contribution < 1.29 is 18.7 Å². The summed E-state index contributed by atoms with van der Waals surface area (Å²) in [5.74, 6) is 0.0761. The molecule has 0 radical (unpaired) electrons. The molecular weight excluding hydrogens is 682 g/mol. The fourth-order valence-electron chi connectivity index (χ4n) is 6.49. The number of benzene rings is 2. The van der Waals surface area contributed by atoms with E-state index in [2.05, 4.69) is 43.4 Å². The molecule has 0 bridgehead atoms. The summed E-state index contributed by atoms with van der Waals surface area (Å²) in [6.07, 6.45) is 11.6. The maximum atomic E-state index is 13.9. The molecule has 0 fully saturated rings. The summed E-state index contributed by atoms with van der Waals surface area (Å²) >= 11 is 0. The monoisotopic (exact) mass is 739 g/mol. The second-order valence-corrected chi connectivity index (χ2v) is 13.5. The van der Waals surface area contributed by atoms with E-state index in [1.165, 1.54) is 11.1 Å². The number of guanidine groups is 1. The highest BCUT2D eigenvalue weighted by Crippen LogP contribution is 2.36. The summed E-state index contributed by atoms with van der Waals surface area (Å²) in [6.45, 7) is 14.3. The van der Waals surface area contributed by atoms with E-state index in [0.717, 1.165) is 58.4 Å². The minimum absolute atomic E-state index is 0.00958. The number of aliphatic imine (C=N–C) groups is 2. The van der Waals surface area contributed by atoms with Gasteiger partial charge >= 0.3 is 0 Å². The van der Waals surface area contributed by atoms with E-state index in [1.807, 2.05) is 43.3 Å². The fourth-order valence-corrected chi connectivity index (χ4v) is 6.49. The van der Waals surface area contributed by atoms with Crippen LogP contribution in [-0.2, 0) is 11.2 Å². The van der Waals surface area contributed by atoms with Crippen molar-refractivity contribution in [2.24, 2.45) is 21.5 Å². The number of hydrogen-bond donors (Lipinski definition) is 4. The average Bonchev–Trinajstić information content (AvgIpc) is 3.15. The second kappa shape index (κ2) is 22.0. The van der Waals surface area contributed by atoms with Gasteiger partial charge in [0, 0.05) is 37.1 Å². The van der Waals surface area contributed by atoms with E-state index >= 15 is 0 Å². The van der Waals surface area contributed by atoms with Crippen molar-refractivity contribution in [2.75, 3.05) is 33.4 Å². The van der Waals surface area contributed by atoms with Crippen molar-refractivity contribution in [3.8, 4) is 5.75 Å². The van der Waals surface area contributed by atoms with Crippen molar-refractivity contribution >= 4 is 47.0 Å². The van der Waals surface area contributed by atoms with Crippen LogP contribution in [0.3, 0.4) is 0 Å². The predicted molar refractivity (Wildman–Crippen MR) is 222 cm³/mol. The summed E-state index contributed by atoms with van der Waals surface area (Å²) in [5.41, 5.74) is 19.4. The van der Waals surface area contributed by atoms with Crippen LogP contribution in [0.4, 0.5) is 10.1 Å². The topological polar surface area (TPSA) is 159 Å². The van der Waals surface area contributed by atoms with Crippen molar-refractivity contribution in [3.05, 3.63) is 94.6 Å². The number of likely N-dealkylation sites (N-methyl/N-ethyl adjacent to an activating group) is 1. The number of carbonyl (C=O) groups excluding carboxylic acids is 2. The first-order valence-corrected chi connectivity index (χ1v) is 18.8. The molecule has 11 heteroatoms. The van der Waals surface area contributed by atoms with Crippen LogP contribution in [0.15, 0.2) is 82.3 Å². The van der Waals surface area contributed by atoms with Crippen LogP contribution in [0.5, 0.6) is 5.75 Å². The van der Waals surface area contributed by atoms with Crippen molar-refractivity contribution in [1.29, 1.82) is 5.41 Å². The standard InChI is InChI=1S/C43H58FN7O3/c1-7-11-33-25-31(9-3)38(42(53)51(6)28-41(52)49-30(5)13-10-23-48-43(46)47)26-40(33)50-39-21-20-37(34(27-45)15-14-29(39)4)36(12-8-2)32-16-18-35(19-17-32)54-24-22-44/h9,12,16-19,25-27,30,45H,3-4,7-8,10-11,13-15,20-24,28H2,1-2,5-6H3,(H,49,52)(H4,46,47,48)/b36-12+,37-34-,45-27?,50-39?. The molecule has 2 aromatic carbocycles.